The number of benzene rings is 2. The first-order valence-electron chi connectivity index (χ1n) is 7.30. The summed E-state index contributed by atoms with van der Waals surface area (Å²) >= 11 is 0. The lowest BCUT2D eigenvalue weighted by atomic mass is 10.2. The third-order valence-corrected chi connectivity index (χ3v) is 5.00. The number of sulfonamides is 1. The number of amides is 1. The Morgan fingerprint density at radius 3 is 2.48 bits per heavy atom. The Kier molecular flexibility index (Phi) is 4.37. The third kappa shape index (κ3) is 3.29. The molecular weight excluding hydrogens is 345 g/mol. The molecule has 1 heterocycles. The summed E-state index contributed by atoms with van der Waals surface area (Å²) in [4.78, 5) is 15.6. The van der Waals surface area contributed by atoms with Gasteiger partial charge in [-0.25, -0.2) is 12.8 Å². The standard InChI is InChI=1S/C17H14FN3O3S/c1-19-17(22)11-5-7-12(8-6-11)25(23,24)21-15-4-2-3-13-14(18)9-10-20-16(13)15/h2-10,21H,1H3,(H,19,22). The monoisotopic (exact) mass is 359 g/mol. The number of rotatable bonds is 4. The number of carbonyl (C=O) groups is 1. The molecule has 3 aromatic rings. The largest absolute Gasteiger partial charge is 0.355 e. The molecule has 1 aromatic heterocycles. The zero-order chi connectivity index (χ0) is 18.0. The lowest BCUT2D eigenvalue weighted by Crippen LogP contribution is -2.18. The number of hydrogen-bond acceptors (Lipinski definition) is 4. The Hall–Kier alpha value is -3.00. The molecule has 0 atom stereocenters. The molecule has 6 nitrogen and oxygen atoms in total. The second-order valence-corrected chi connectivity index (χ2v) is 6.89. The Morgan fingerprint density at radius 2 is 1.80 bits per heavy atom. The van der Waals surface area contributed by atoms with Crippen LogP contribution in [-0.2, 0) is 10.0 Å². The van der Waals surface area contributed by atoms with Crippen molar-refractivity contribution in [3.05, 3.63) is 66.1 Å². The Balaban J connectivity index is 1.97. The molecular formula is C17H14FN3O3S. The summed E-state index contributed by atoms with van der Waals surface area (Å²) in [7, 11) is -2.42. The van der Waals surface area contributed by atoms with Gasteiger partial charge in [-0.15, -0.1) is 0 Å². The molecule has 25 heavy (non-hydrogen) atoms. The van der Waals surface area contributed by atoms with Crippen molar-refractivity contribution in [1.29, 1.82) is 0 Å². The Morgan fingerprint density at radius 1 is 1.08 bits per heavy atom. The SMILES string of the molecule is CNC(=O)c1ccc(S(=O)(=O)Nc2cccc3c(F)ccnc23)cc1. The van der Waals surface area contributed by atoms with Gasteiger partial charge in [0.15, 0.2) is 0 Å². The molecule has 0 bridgehead atoms. The smallest absolute Gasteiger partial charge is 0.261 e. The summed E-state index contributed by atoms with van der Waals surface area (Å²) in [5.74, 6) is -0.799. The van der Waals surface area contributed by atoms with E-state index in [9.17, 15) is 17.6 Å². The molecule has 8 heteroatoms. The van der Waals surface area contributed by atoms with Gasteiger partial charge >= 0.3 is 0 Å². The highest BCUT2D eigenvalue weighted by atomic mass is 32.2. The molecule has 0 fully saturated rings. The maximum absolute atomic E-state index is 13.8. The fourth-order valence-corrected chi connectivity index (χ4v) is 3.42. The van der Waals surface area contributed by atoms with Crippen molar-refractivity contribution in [2.45, 2.75) is 4.90 Å². The van der Waals surface area contributed by atoms with Crippen LogP contribution in [0.5, 0.6) is 0 Å². The number of aromatic nitrogens is 1. The molecule has 0 aliphatic carbocycles. The number of anilines is 1. The average molecular weight is 359 g/mol. The van der Waals surface area contributed by atoms with E-state index >= 15 is 0 Å². The fraction of sp³-hybridized carbons (Fsp3) is 0.0588. The van der Waals surface area contributed by atoms with Gasteiger partial charge in [0.25, 0.3) is 15.9 Å². The van der Waals surface area contributed by atoms with E-state index in [0.29, 0.717) is 5.56 Å². The van der Waals surface area contributed by atoms with E-state index in [1.165, 1.54) is 55.7 Å². The predicted molar refractivity (Wildman–Crippen MR) is 92.3 cm³/mol. The average Bonchev–Trinajstić information content (AvgIpc) is 2.62. The summed E-state index contributed by atoms with van der Waals surface area (Å²) in [6, 6.07) is 11.2. The molecule has 0 aliphatic rings. The van der Waals surface area contributed by atoms with E-state index in [1.807, 2.05) is 0 Å². The highest BCUT2D eigenvalue weighted by molar-refractivity contribution is 7.92. The first-order valence-corrected chi connectivity index (χ1v) is 8.79. The third-order valence-electron chi connectivity index (χ3n) is 3.62. The van der Waals surface area contributed by atoms with Crippen LogP contribution in [0.2, 0.25) is 0 Å². The molecule has 3 rings (SSSR count). The minimum absolute atomic E-state index is 0.0199. The van der Waals surface area contributed by atoms with Crippen LogP contribution < -0.4 is 10.0 Å². The van der Waals surface area contributed by atoms with Crippen LogP contribution >= 0.6 is 0 Å². The van der Waals surface area contributed by atoms with E-state index in [0.717, 1.165) is 0 Å². The van der Waals surface area contributed by atoms with Crippen molar-refractivity contribution >= 4 is 32.5 Å². The fourth-order valence-electron chi connectivity index (χ4n) is 2.36. The van der Waals surface area contributed by atoms with Gasteiger partial charge in [0, 0.05) is 24.2 Å². The maximum atomic E-state index is 13.8. The van der Waals surface area contributed by atoms with Crippen LogP contribution in [0.1, 0.15) is 10.4 Å². The molecule has 2 N–H and O–H groups in total. The van der Waals surface area contributed by atoms with Crippen LogP contribution in [0.15, 0.2) is 59.6 Å². The highest BCUT2D eigenvalue weighted by Crippen LogP contribution is 2.25. The second-order valence-electron chi connectivity index (χ2n) is 5.20. The molecule has 0 aliphatic heterocycles. The van der Waals surface area contributed by atoms with Gasteiger partial charge in [-0.2, -0.15) is 0 Å². The number of nitrogens with zero attached hydrogens (tertiary/aromatic N) is 1. The van der Waals surface area contributed by atoms with Gasteiger partial charge in [0.2, 0.25) is 0 Å². The molecule has 0 unspecified atom stereocenters. The van der Waals surface area contributed by atoms with Gasteiger partial charge in [0.05, 0.1) is 16.1 Å². The number of halogens is 1. The number of para-hydroxylation sites is 1. The maximum Gasteiger partial charge on any atom is 0.261 e. The number of nitrogens with one attached hydrogen (secondary N) is 2. The van der Waals surface area contributed by atoms with Crippen molar-refractivity contribution in [1.82, 2.24) is 10.3 Å². The topological polar surface area (TPSA) is 88.2 Å². The first kappa shape index (κ1) is 16.8. The van der Waals surface area contributed by atoms with Crippen LogP contribution in [0.3, 0.4) is 0 Å². The summed E-state index contributed by atoms with van der Waals surface area (Å²) < 4.78 is 41.3. The van der Waals surface area contributed by atoms with Crippen molar-refractivity contribution < 1.29 is 17.6 Å². The van der Waals surface area contributed by atoms with E-state index in [1.54, 1.807) is 6.07 Å². The lowest BCUT2D eigenvalue weighted by molar-refractivity contribution is 0.0963. The quantitative estimate of drug-likeness (QED) is 0.749. The van der Waals surface area contributed by atoms with E-state index in [4.69, 9.17) is 0 Å². The van der Waals surface area contributed by atoms with Gasteiger partial charge in [0.1, 0.15) is 5.82 Å². The van der Waals surface area contributed by atoms with Crippen molar-refractivity contribution in [3.63, 3.8) is 0 Å². The number of pyridine rings is 1. The molecule has 0 saturated heterocycles. The number of fused-ring (bicyclic) bond motifs is 1. The van der Waals surface area contributed by atoms with Crippen molar-refractivity contribution in [3.8, 4) is 0 Å². The molecule has 0 radical (unpaired) electrons. The normalized spacial score (nSPS) is 11.3. The molecule has 0 saturated carbocycles. The summed E-state index contributed by atoms with van der Waals surface area (Å²) in [5, 5.41) is 2.68. The minimum Gasteiger partial charge on any atom is -0.355 e. The van der Waals surface area contributed by atoms with E-state index in [-0.39, 0.29) is 27.4 Å². The van der Waals surface area contributed by atoms with Crippen LogP contribution in [-0.4, -0.2) is 26.4 Å². The summed E-state index contributed by atoms with van der Waals surface area (Å²) in [6.07, 6.45) is 1.27. The minimum atomic E-state index is -3.91. The van der Waals surface area contributed by atoms with Gasteiger partial charge < -0.3 is 5.32 Å². The van der Waals surface area contributed by atoms with Gasteiger partial charge in [-0.3, -0.25) is 14.5 Å². The zero-order valence-electron chi connectivity index (χ0n) is 13.2. The van der Waals surface area contributed by atoms with Crippen LogP contribution in [0, 0.1) is 5.82 Å². The molecule has 128 valence electrons. The molecule has 2 aromatic carbocycles. The van der Waals surface area contributed by atoms with Crippen molar-refractivity contribution in [2.75, 3.05) is 11.8 Å². The van der Waals surface area contributed by atoms with Gasteiger partial charge in [-0.05, 0) is 42.5 Å². The zero-order valence-corrected chi connectivity index (χ0v) is 14.0. The molecule has 0 spiro atoms. The summed E-state index contributed by atoms with van der Waals surface area (Å²) in [5.41, 5.74) is 0.732. The Bertz CT molecular complexity index is 1050. The van der Waals surface area contributed by atoms with Crippen molar-refractivity contribution in [2.24, 2.45) is 0 Å². The second kappa shape index (κ2) is 6.48. The Labute approximate surface area is 143 Å². The molecule has 1 amide bonds. The van der Waals surface area contributed by atoms with E-state index < -0.39 is 15.8 Å². The summed E-state index contributed by atoms with van der Waals surface area (Å²) in [6.45, 7) is 0. The number of hydrogen-bond donors (Lipinski definition) is 2. The predicted octanol–water partition coefficient (Wildman–Crippen LogP) is 2.53. The van der Waals surface area contributed by atoms with Crippen LogP contribution in [0.25, 0.3) is 10.9 Å². The van der Waals surface area contributed by atoms with Gasteiger partial charge in [-0.1, -0.05) is 6.07 Å². The highest BCUT2D eigenvalue weighted by Gasteiger charge is 2.17. The van der Waals surface area contributed by atoms with E-state index in [2.05, 4.69) is 15.0 Å². The first-order chi connectivity index (χ1) is 11.9. The lowest BCUT2D eigenvalue weighted by Gasteiger charge is -2.11. The van der Waals surface area contributed by atoms with Crippen LogP contribution in [0.4, 0.5) is 10.1 Å². The number of carbonyl (C=O) groups excluding carboxylic acids is 1.